The minimum atomic E-state index is -0.0384. The molecule has 98 valence electrons. The number of nitrogen functional groups attached to an aromatic ring is 1. The van der Waals surface area contributed by atoms with Crippen LogP contribution in [0.3, 0.4) is 0 Å². The standard InChI is InChI=1S/C13H19N3OS/c1-9-2-3-12(16-14)11(8-9)13(17)15-10-4-6-18-7-5-10/h2-3,8,10,16H,4-7,14H2,1H3,(H,15,17). The number of hydrogen-bond acceptors (Lipinski definition) is 4. The quantitative estimate of drug-likeness (QED) is 0.577. The van der Waals surface area contributed by atoms with Crippen LogP contribution in [0.2, 0.25) is 0 Å². The second kappa shape index (κ2) is 6.11. The molecule has 18 heavy (non-hydrogen) atoms. The van der Waals surface area contributed by atoms with E-state index in [4.69, 9.17) is 5.84 Å². The number of thioether (sulfide) groups is 1. The number of rotatable bonds is 3. The average molecular weight is 265 g/mol. The molecule has 0 spiro atoms. The molecule has 0 bridgehead atoms. The summed E-state index contributed by atoms with van der Waals surface area (Å²) in [6.45, 7) is 1.97. The van der Waals surface area contributed by atoms with E-state index < -0.39 is 0 Å². The molecule has 5 heteroatoms. The number of anilines is 1. The number of carbonyl (C=O) groups is 1. The van der Waals surface area contributed by atoms with Gasteiger partial charge in [-0.25, -0.2) is 0 Å². The molecule has 1 saturated heterocycles. The number of hydrogen-bond donors (Lipinski definition) is 3. The van der Waals surface area contributed by atoms with Crippen molar-refractivity contribution in [3.63, 3.8) is 0 Å². The molecule has 0 unspecified atom stereocenters. The Morgan fingerprint density at radius 1 is 1.39 bits per heavy atom. The molecule has 4 N–H and O–H groups in total. The van der Waals surface area contributed by atoms with Gasteiger partial charge in [-0.1, -0.05) is 11.6 Å². The number of hydrazine groups is 1. The lowest BCUT2D eigenvalue weighted by atomic mass is 10.1. The molecule has 2 rings (SSSR count). The summed E-state index contributed by atoms with van der Waals surface area (Å²) < 4.78 is 0. The van der Waals surface area contributed by atoms with Crippen LogP contribution >= 0.6 is 11.8 Å². The first-order chi connectivity index (χ1) is 8.70. The third-order valence-corrected chi connectivity index (χ3v) is 4.18. The Kier molecular flexibility index (Phi) is 4.49. The molecule has 0 atom stereocenters. The van der Waals surface area contributed by atoms with Gasteiger partial charge in [-0.2, -0.15) is 11.8 Å². The zero-order chi connectivity index (χ0) is 13.0. The number of nitrogens with one attached hydrogen (secondary N) is 2. The van der Waals surface area contributed by atoms with Gasteiger partial charge in [0.25, 0.3) is 5.91 Å². The van der Waals surface area contributed by atoms with Crippen LogP contribution in [0.1, 0.15) is 28.8 Å². The molecule has 1 aromatic rings. The van der Waals surface area contributed by atoms with E-state index >= 15 is 0 Å². The molecule has 1 heterocycles. The van der Waals surface area contributed by atoms with Gasteiger partial charge in [-0.05, 0) is 43.4 Å². The first kappa shape index (κ1) is 13.2. The van der Waals surface area contributed by atoms with E-state index in [0.29, 0.717) is 17.3 Å². The van der Waals surface area contributed by atoms with Crippen molar-refractivity contribution >= 4 is 23.4 Å². The molecule has 4 nitrogen and oxygen atoms in total. The van der Waals surface area contributed by atoms with Crippen molar-refractivity contribution < 1.29 is 4.79 Å². The molecular formula is C13H19N3OS. The summed E-state index contributed by atoms with van der Waals surface area (Å²) in [6, 6.07) is 5.93. The van der Waals surface area contributed by atoms with Gasteiger partial charge in [0.15, 0.2) is 0 Å². The highest BCUT2D eigenvalue weighted by atomic mass is 32.2. The summed E-state index contributed by atoms with van der Waals surface area (Å²) in [5.74, 6) is 7.65. The maximum Gasteiger partial charge on any atom is 0.253 e. The molecule has 1 aromatic carbocycles. The summed E-state index contributed by atoms with van der Waals surface area (Å²) in [6.07, 6.45) is 2.10. The lowest BCUT2D eigenvalue weighted by Gasteiger charge is -2.23. The molecule has 1 aliphatic rings. The normalized spacial score (nSPS) is 16.3. The summed E-state index contributed by atoms with van der Waals surface area (Å²) in [5, 5.41) is 3.09. The van der Waals surface area contributed by atoms with Crippen molar-refractivity contribution in [2.45, 2.75) is 25.8 Å². The van der Waals surface area contributed by atoms with Gasteiger partial charge in [0.2, 0.25) is 0 Å². The van der Waals surface area contributed by atoms with Gasteiger partial charge in [-0.3, -0.25) is 10.6 Å². The number of carbonyl (C=O) groups excluding carboxylic acids is 1. The number of nitrogens with two attached hydrogens (primary N) is 1. The van der Waals surface area contributed by atoms with Gasteiger partial charge < -0.3 is 10.7 Å². The summed E-state index contributed by atoms with van der Waals surface area (Å²) in [4.78, 5) is 12.2. The topological polar surface area (TPSA) is 67.1 Å². The molecule has 0 radical (unpaired) electrons. The lowest BCUT2D eigenvalue weighted by Crippen LogP contribution is -2.37. The molecule has 1 amide bonds. The molecular weight excluding hydrogens is 246 g/mol. The molecule has 1 fully saturated rings. The minimum absolute atomic E-state index is 0.0384. The third-order valence-electron chi connectivity index (χ3n) is 3.13. The van der Waals surface area contributed by atoms with Crippen molar-refractivity contribution in [3.8, 4) is 0 Å². The van der Waals surface area contributed by atoms with E-state index in [2.05, 4.69) is 10.7 Å². The zero-order valence-corrected chi connectivity index (χ0v) is 11.3. The van der Waals surface area contributed by atoms with Crippen molar-refractivity contribution in [1.82, 2.24) is 5.32 Å². The highest BCUT2D eigenvalue weighted by Gasteiger charge is 2.18. The Bertz CT molecular complexity index is 430. The van der Waals surface area contributed by atoms with E-state index in [-0.39, 0.29) is 5.91 Å². The highest BCUT2D eigenvalue weighted by Crippen LogP contribution is 2.20. The molecule has 0 aliphatic carbocycles. The number of amides is 1. The van der Waals surface area contributed by atoms with Gasteiger partial charge in [-0.15, -0.1) is 0 Å². The van der Waals surface area contributed by atoms with E-state index in [0.717, 1.165) is 29.9 Å². The second-order valence-corrected chi connectivity index (χ2v) is 5.78. The van der Waals surface area contributed by atoms with Crippen LogP contribution in [0.25, 0.3) is 0 Å². The van der Waals surface area contributed by atoms with Crippen LogP contribution < -0.4 is 16.6 Å². The first-order valence-electron chi connectivity index (χ1n) is 6.16. The predicted molar refractivity (Wildman–Crippen MR) is 76.8 cm³/mol. The van der Waals surface area contributed by atoms with Crippen molar-refractivity contribution in [3.05, 3.63) is 29.3 Å². The summed E-state index contributed by atoms with van der Waals surface area (Å²) in [7, 11) is 0. The number of benzene rings is 1. The zero-order valence-electron chi connectivity index (χ0n) is 10.5. The fourth-order valence-corrected chi connectivity index (χ4v) is 3.18. The Morgan fingerprint density at radius 3 is 2.78 bits per heavy atom. The maximum atomic E-state index is 12.2. The lowest BCUT2D eigenvalue weighted by molar-refractivity contribution is 0.0935. The van der Waals surface area contributed by atoms with Gasteiger partial charge >= 0.3 is 0 Å². The maximum absolute atomic E-state index is 12.2. The van der Waals surface area contributed by atoms with Crippen LogP contribution in [0.5, 0.6) is 0 Å². The molecule has 1 aliphatic heterocycles. The fraction of sp³-hybridized carbons (Fsp3) is 0.462. The van der Waals surface area contributed by atoms with E-state index in [1.165, 1.54) is 0 Å². The largest absolute Gasteiger partial charge is 0.349 e. The summed E-state index contributed by atoms with van der Waals surface area (Å²) >= 11 is 1.95. The van der Waals surface area contributed by atoms with Gasteiger partial charge in [0.1, 0.15) is 0 Å². The summed E-state index contributed by atoms with van der Waals surface area (Å²) in [5.41, 5.74) is 4.92. The predicted octanol–water partition coefficient (Wildman–Crippen LogP) is 1.91. The smallest absolute Gasteiger partial charge is 0.253 e. The fourth-order valence-electron chi connectivity index (χ4n) is 2.08. The van der Waals surface area contributed by atoms with Crippen molar-refractivity contribution in [2.75, 3.05) is 16.9 Å². The average Bonchev–Trinajstić information content (AvgIpc) is 2.40. The Morgan fingerprint density at radius 2 is 2.11 bits per heavy atom. The van der Waals surface area contributed by atoms with Gasteiger partial charge in [0, 0.05) is 6.04 Å². The van der Waals surface area contributed by atoms with E-state index in [1.54, 1.807) is 0 Å². The second-order valence-electron chi connectivity index (χ2n) is 4.55. The van der Waals surface area contributed by atoms with Crippen molar-refractivity contribution in [1.29, 1.82) is 0 Å². The third kappa shape index (κ3) is 3.17. The van der Waals surface area contributed by atoms with Crippen LogP contribution in [-0.4, -0.2) is 23.5 Å². The van der Waals surface area contributed by atoms with Gasteiger partial charge in [0.05, 0.1) is 11.3 Å². The Labute approximate surface area is 112 Å². The minimum Gasteiger partial charge on any atom is -0.349 e. The van der Waals surface area contributed by atoms with Crippen LogP contribution in [-0.2, 0) is 0 Å². The SMILES string of the molecule is Cc1ccc(NN)c(C(=O)NC2CCSCC2)c1. The monoisotopic (exact) mass is 265 g/mol. The highest BCUT2D eigenvalue weighted by molar-refractivity contribution is 7.99. The van der Waals surface area contributed by atoms with Crippen LogP contribution in [0.4, 0.5) is 5.69 Å². The molecule has 0 aromatic heterocycles. The first-order valence-corrected chi connectivity index (χ1v) is 7.32. The number of aryl methyl sites for hydroxylation is 1. The van der Waals surface area contributed by atoms with Crippen molar-refractivity contribution in [2.24, 2.45) is 5.84 Å². The van der Waals surface area contributed by atoms with E-state index in [9.17, 15) is 4.79 Å². The Hall–Kier alpha value is -1.20. The van der Waals surface area contributed by atoms with E-state index in [1.807, 2.05) is 36.9 Å². The Balaban J connectivity index is 2.09. The molecule has 0 saturated carbocycles. The van der Waals surface area contributed by atoms with Crippen LogP contribution in [0, 0.1) is 6.92 Å². The van der Waals surface area contributed by atoms with Crippen LogP contribution in [0.15, 0.2) is 18.2 Å².